The lowest BCUT2D eigenvalue weighted by Crippen LogP contribution is -2.09. The maximum Gasteiger partial charge on any atom is 0.136 e. The average Bonchev–Trinajstić information content (AvgIpc) is 3.72. The first-order valence-corrected chi connectivity index (χ1v) is 21.2. The van der Waals surface area contributed by atoms with Gasteiger partial charge in [0.1, 0.15) is 11.2 Å². The second-order valence-electron chi connectivity index (χ2n) is 16.1. The minimum atomic E-state index is 0.897. The Labute approximate surface area is 360 Å². The Morgan fingerprint density at radius 1 is 0.258 bits per heavy atom. The number of anilines is 3. The van der Waals surface area contributed by atoms with Gasteiger partial charge in [0.25, 0.3) is 0 Å². The maximum atomic E-state index is 6.37. The van der Waals surface area contributed by atoms with E-state index in [0.717, 1.165) is 50.1 Å². The lowest BCUT2D eigenvalue weighted by Gasteiger charge is -2.26. The highest BCUT2D eigenvalue weighted by atomic mass is 16.3. The number of para-hydroxylation sites is 2. The number of furan rings is 1. The first kappa shape index (κ1) is 35.7. The zero-order valence-electron chi connectivity index (χ0n) is 33.9. The number of fused-ring (bicyclic) bond motifs is 7. The van der Waals surface area contributed by atoms with E-state index in [1.54, 1.807) is 0 Å². The number of hydrogen-bond donors (Lipinski definition) is 0. The molecule has 0 amide bonds. The minimum absolute atomic E-state index is 0.897. The van der Waals surface area contributed by atoms with Gasteiger partial charge in [-0.2, -0.15) is 0 Å². The molecule has 0 spiro atoms. The van der Waals surface area contributed by atoms with Crippen LogP contribution in [0.15, 0.2) is 241 Å². The van der Waals surface area contributed by atoms with Crippen LogP contribution in [0.2, 0.25) is 0 Å². The third-order valence-electron chi connectivity index (χ3n) is 12.5. The molecular formula is C60H39NO. The molecule has 2 heteroatoms. The molecule has 62 heavy (non-hydrogen) atoms. The molecule has 1 aromatic heterocycles. The van der Waals surface area contributed by atoms with Gasteiger partial charge in [-0.15, -0.1) is 0 Å². The summed E-state index contributed by atoms with van der Waals surface area (Å²) in [5.41, 5.74) is 14.6. The molecule has 1 heterocycles. The van der Waals surface area contributed by atoms with E-state index < -0.39 is 0 Å². The van der Waals surface area contributed by atoms with Gasteiger partial charge >= 0.3 is 0 Å². The van der Waals surface area contributed by atoms with Crippen LogP contribution in [-0.4, -0.2) is 0 Å². The summed E-state index contributed by atoms with van der Waals surface area (Å²) in [5.74, 6) is 0. The van der Waals surface area contributed by atoms with Gasteiger partial charge in [-0.3, -0.25) is 0 Å². The van der Waals surface area contributed by atoms with Gasteiger partial charge < -0.3 is 9.32 Å². The first-order chi connectivity index (χ1) is 30.7. The fraction of sp³-hybridized carbons (Fsp3) is 0. The molecule has 0 atom stereocenters. The van der Waals surface area contributed by atoms with Crippen molar-refractivity contribution in [3.63, 3.8) is 0 Å². The van der Waals surface area contributed by atoms with Crippen LogP contribution in [0.25, 0.3) is 98.8 Å². The van der Waals surface area contributed by atoms with E-state index in [-0.39, 0.29) is 0 Å². The van der Waals surface area contributed by atoms with Crippen molar-refractivity contribution >= 4 is 71.3 Å². The van der Waals surface area contributed by atoms with E-state index >= 15 is 0 Å². The summed E-state index contributed by atoms with van der Waals surface area (Å²) in [5, 5.41) is 9.80. The van der Waals surface area contributed by atoms with Crippen molar-refractivity contribution in [3.8, 4) is 44.5 Å². The molecule has 290 valence electrons. The van der Waals surface area contributed by atoms with E-state index in [9.17, 15) is 0 Å². The SMILES string of the molecule is c1ccc(N(c2ccc(-c3ccc(-c4cc5ccccc5c5ccccc45)cc3)cc2)c2ccc(-c3ccc4ccccc4c3-c3ccc4c(c3)oc3ccccc34)cc2)cc1. The lowest BCUT2D eigenvalue weighted by molar-refractivity contribution is 0.669. The predicted molar refractivity (Wildman–Crippen MR) is 263 cm³/mol. The third-order valence-corrected chi connectivity index (χ3v) is 12.5. The zero-order valence-corrected chi connectivity index (χ0v) is 33.9. The van der Waals surface area contributed by atoms with Crippen LogP contribution in [0.1, 0.15) is 0 Å². The fourth-order valence-electron chi connectivity index (χ4n) is 9.46. The quantitative estimate of drug-likeness (QED) is 0.150. The highest BCUT2D eigenvalue weighted by Crippen LogP contribution is 2.43. The molecule has 12 aromatic rings. The summed E-state index contributed by atoms with van der Waals surface area (Å²) in [4.78, 5) is 2.33. The Hall–Kier alpha value is -8.20. The van der Waals surface area contributed by atoms with Crippen molar-refractivity contribution in [2.75, 3.05) is 4.90 Å². The minimum Gasteiger partial charge on any atom is -0.456 e. The second-order valence-corrected chi connectivity index (χ2v) is 16.1. The van der Waals surface area contributed by atoms with Gasteiger partial charge in [0.15, 0.2) is 0 Å². The van der Waals surface area contributed by atoms with E-state index in [1.807, 2.05) is 12.1 Å². The van der Waals surface area contributed by atoms with E-state index in [1.165, 1.54) is 65.7 Å². The molecule has 0 aliphatic rings. The molecule has 0 saturated heterocycles. The molecular weight excluding hydrogens is 751 g/mol. The van der Waals surface area contributed by atoms with Gasteiger partial charge in [0, 0.05) is 27.8 Å². The standard InChI is InChI=1S/C60H39NO/c1-2-14-47(15-3-1)61(48-32-26-41(27-33-48)40-22-24-44(25-23-40)57-38-45-13-5-6-16-50(45)53-18-8-9-19-54(53)57)49-34-28-43(29-35-49)52-36-30-42-12-4-7-17-51(42)60(52)46-31-37-56-55-20-10-11-21-58(55)62-59(56)39-46/h1-39H. The van der Waals surface area contributed by atoms with E-state index in [2.05, 4.69) is 229 Å². The number of nitrogens with zero attached hydrogens (tertiary/aromatic N) is 1. The van der Waals surface area contributed by atoms with Crippen molar-refractivity contribution < 1.29 is 4.42 Å². The monoisotopic (exact) mass is 789 g/mol. The smallest absolute Gasteiger partial charge is 0.136 e. The summed E-state index contributed by atoms with van der Waals surface area (Å²) in [6, 6.07) is 85.4. The molecule has 0 aliphatic heterocycles. The maximum absolute atomic E-state index is 6.37. The number of benzene rings is 11. The van der Waals surface area contributed by atoms with Crippen LogP contribution in [-0.2, 0) is 0 Å². The number of rotatable bonds is 7. The summed E-state index contributed by atoms with van der Waals surface area (Å²) in [6.45, 7) is 0. The summed E-state index contributed by atoms with van der Waals surface area (Å²) in [6.07, 6.45) is 0. The van der Waals surface area contributed by atoms with Crippen molar-refractivity contribution in [3.05, 3.63) is 237 Å². The second kappa shape index (κ2) is 14.8. The van der Waals surface area contributed by atoms with E-state index in [0.29, 0.717) is 0 Å². The normalized spacial score (nSPS) is 11.5. The Kier molecular flexibility index (Phi) is 8.53. The van der Waals surface area contributed by atoms with Gasteiger partial charge in [0.05, 0.1) is 0 Å². The Balaban J connectivity index is 0.886. The topological polar surface area (TPSA) is 16.4 Å². The molecule has 0 radical (unpaired) electrons. The molecule has 0 N–H and O–H groups in total. The molecule has 11 aromatic carbocycles. The van der Waals surface area contributed by atoms with Crippen LogP contribution < -0.4 is 4.90 Å². The van der Waals surface area contributed by atoms with Gasteiger partial charge in [-0.05, 0) is 137 Å². The average molecular weight is 790 g/mol. The summed E-state index contributed by atoms with van der Waals surface area (Å²) < 4.78 is 6.37. The molecule has 0 unspecified atom stereocenters. The van der Waals surface area contributed by atoms with Crippen LogP contribution in [0, 0.1) is 0 Å². The molecule has 12 rings (SSSR count). The van der Waals surface area contributed by atoms with Crippen LogP contribution >= 0.6 is 0 Å². The van der Waals surface area contributed by atoms with Gasteiger partial charge in [0.2, 0.25) is 0 Å². The van der Waals surface area contributed by atoms with Crippen LogP contribution in [0.5, 0.6) is 0 Å². The Bertz CT molecular complexity index is 3600. The zero-order chi connectivity index (χ0) is 41.0. The van der Waals surface area contributed by atoms with E-state index in [4.69, 9.17) is 4.42 Å². The van der Waals surface area contributed by atoms with Gasteiger partial charge in [-0.25, -0.2) is 0 Å². The molecule has 0 saturated carbocycles. The highest BCUT2D eigenvalue weighted by Gasteiger charge is 2.17. The summed E-state index contributed by atoms with van der Waals surface area (Å²) in [7, 11) is 0. The first-order valence-electron chi connectivity index (χ1n) is 21.2. The number of hydrogen-bond acceptors (Lipinski definition) is 2. The lowest BCUT2D eigenvalue weighted by atomic mass is 9.89. The van der Waals surface area contributed by atoms with Crippen LogP contribution in [0.4, 0.5) is 17.1 Å². The van der Waals surface area contributed by atoms with Crippen molar-refractivity contribution in [1.82, 2.24) is 0 Å². The van der Waals surface area contributed by atoms with Crippen molar-refractivity contribution in [2.45, 2.75) is 0 Å². The largest absolute Gasteiger partial charge is 0.456 e. The van der Waals surface area contributed by atoms with Crippen molar-refractivity contribution in [1.29, 1.82) is 0 Å². The predicted octanol–water partition coefficient (Wildman–Crippen LogP) is 17.2. The molecule has 0 bridgehead atoms. The molecule has 2 nitrogen and oxygen atoms in total. The Morgan fingerprint density at radius 2 is 0.758 bits per heavy atom. The Morgan fingerprint density at radius 3 is 1.50 bits per heavy atom. The van der Waals surface area contributed by atoms with Crippen LogP contribution in [0.3, 0.4) is 0 Å². The highest BCUT2D eigenvalue weighted by molar-refractivity contribution is 6.14. The van der Waals surface area contributed by atoms with Gasteiger partial charge in [-0.1, -0.05) is 176 Å². The third kappa shape index (κ3) is 6.12. The fourth-order valence-corrected chi connectivity index (χ4v) is 9.46. The van der Waals surface area contributed by atoms with Crippen molar-refractivity contribution in [2.24, 2.45) is 0 Å². The molecule has 0 aliphatic carbocycles. The molecule has 0 fully saturated rings. The summed E-state index contributed by atoms with van der Waals surface area (Å²) >= 11 is 0.